The Hall–Kier alpha value is -1.63. The van der Waals surface area contributed by atoms with Crippen LogP contribution < -0.4 is 9.47 Å². The van der Waals surface area contributed by atoms with Gasteiger partial charge in [-0.05, 0) is 69.8 Å². The largest absolute Gasteiger partial charge is 0.497 e. The van der Waals surface area contributed by atoms with E-state index in [1.807, 2.05) is 24.3 Å². The number of methoxy groups -OCH3 is 1. The predicted octanol–water partition coefficient (Wildman–Crippen LogP) is 5.09. The predicted molar refractivity (Wildman–Crippen MR) is 125 cm³/mol. The number of nitrogens with zero attached hydrogens (tertiary/aromatic N) is 2. The van der Waals surface area contributed by atoms with Crippen LogP contribution in [0, 0.1) is 6.92 Å². The van der Waals surface area contributed by atoms with Crippen LogP contribution in [0.2, 0.25) is 0 Å². The smallest absolute Gasteiger partial charge is 0.125 e. The molecule has 1 aromatic heterocycles. The van der Waals surface area contributed by atoms with Crippen molar-refractivity contribution >= 4 is 11.3 Å². The van der Waals surface area contributed by atoms with Gasteiger partial charge < -0.3 is 19.5 Å². The van der Waals surface area contributed by atoms with Gasteiger partial charge >= 0.3 is 0 Å². The summed E-state index contributed by atoms with van der Waals surface area (Å²) in [5, 5.41) is 12.4. The first-order valence-corrected chi connectivity index (χ1v) is 12.6. The fourth-order valence-electron chi connectivity index (χ4n) is 4.96. The highest BCUT2D eigenvalue weighted by molar-refractivity contribution is 7.11. The number of ether oxygens (including phenoxy) is 2. The van der Waals surface area contributed by atoms with Gasteiger partial charge in [-0.3, -0.25) is 0 Å². The quantitative estimate of drug-likeness (QED) is 0.645. The molecule has 170 valence electrons. The van der Waals surface area contributed by atoms with E-state index in [0.717, 1.165) is 67.0 Å². The maximum Gasteiger partial charge on any atom is 0.125 e. The van der Waals surface area contributed by atoms with E-state index in [1.54, 1.807) is 18.4 Å². The number of benzene rings is 1. The average Bonchev–Trinajstić information content (AvgIpc) is 3.06. The monoisotopic (exact) mass is 444 g/mol. The highest BCUT2D eigenvalue weighted by Crippen LogP contribution is 2.38. The molecule has 1 atom stereocenters. The van der Waals surface area contributed by atoms with E-state index >= 15 is 0 Å². The molecule has 0 bridgehead atoms. The van der Waals surface area contributed by atoms with Gasteiger partial charge in [0.1, 0.15) is 22.1 Å². The van der Waals surface area contributed by atoms with E-state index in [0.29, 0.717) is 6.61 Å². The van der Waals surface area contributed by atoms with Gasteiger partial charge in [0.15, 0.2) is 0 Å². The molecule has 0 radical (unpaired) electrons. The minimum Gasteiger partial charge on any atom is -0.497 e. The van der Waals surface area contributed by atoms with Gasteiger partial charge in [-0.2, -0.15) is 0 Å². The zero-order valence-corrected chi connectivity index (χ0v) is 19.8. The average molecular weight is 445 g/mol. The van der Waals surface area contributed by atoms with Gasteiger partial charge in [0, 0.05) is 23.9 Å². The lowest BCUT2D eigenvalue weighted by atomic mass is 9.93. The number of thiazole rings is 1. The first-order valence-electron chi connectivity index (χ1n) is 11.8. The Morgan fingerprint density at radius 1 is 1.06 bits per heavy atom. The zero-order valence-electron chi connectivity index (χ0n) is 18.9. The van der Waals surface area contributed by atoms with Gasteiger partial charge in [-0.15, -0.1) is 11.3 Å². The molecular weight excluding hydrogens is 408 g/mol. The summed E-state index contributed by atoms with van der Waals surface area (Å²) in [6.45, 7) is 4.75. The Labute approximate surface area is 190 Å². The number of aromatic nitrogens is 1. The van der Waals surface area contributed by atoms with Crippen molar-refractivity contribution in [1.82, 2.24) is 9.88 Å². The molecule has 1 aliphatic carbocycles. The molecule has 2 heterocycles. The van der Waals surface area contributed by atoms with E-state index in [2.05, 4.69) is 11.8 Å². The molecule has 2 aliphatic rings. The van der Waals surface area contributed by atoms with Crippen LogP contribution >= 0.6 is 11.3 Å². The van der Waals surface area contributed by atoms with Crippen molar-refractivity contribution in [3.63, 3.8) is 0 Å². The van der Waals surface area contributed by atoms with Crippen LogP contribution in [0.4, 0.5) is 0 Å². The lowest BCUT2D eigenvalue weighted by Crippen LogP contribution is -2.38. The molecule has 31 heavy (non-hydrogen) atoms. The summed E-state index contributed by atoms with van der Waals surface area (Å²) >= 11 is 1.67. The molecule has 1 unspecified atom stereocenters. The normalized spacial score (nSPS) is 23.5. The van der Waals surface area contributed by atoms with Gasteiger partial charge in [-0.1, -0.05) is 19.3 Å². The molecule has 1 N–H and O–H groups in total. The number of likely N-dealkylation sites (tertiary alicyclic amines) is 1. The van der Waals surface area contributed by atoms with Crippen molar-refractivity contribution in [2.24, 2.45) is 0 Å². The molecule has 0 amide bonds. The highest BCUT2D eigenvalue weighted by atomic mass is 32.1. The van der Waals surface area contributed by atoms with Crippen molar-refractivity contribution in [3.8, 4) is 11.5 Å². The van der Waals surface area contributed by atoms with Crippen LogP contribution in [0.1, 0.15) is 66.9 Å². The SMILES string of the molecule is COc1ccc(OCCc2sc(C3(O)CCCN(C4CCCCC4)CC3)nc2C)cc1. The fourth-order valence-corrected chi connectivity index (χ4v) is 6.15. The topological polar surface area (TPSA) is 54.8 Å². The number of hydrogen-bond donors (Lipinski definition) is 1. The van der Waals surface area contributed by atoms with Gasteiger partial charge in [0.25, 0.3) is 0 Å². The Morgan fingerprint density at radius 2 is 1.81 bits per heavy atom. The van der Waals surface area contributed by atoms with Crippen LogP contribution in [0.3, 0.4) is 0 Å². The molecule has 1 aromatic carbocycles. The Kier molecular flexibility index (Phi) is 7.51. The number of hydrogen-bond acceptors (Lipinski definition) is 6. The van der Waals surface area contributed by atoms with Gasteiger partial charge in [0.05, 0.1) is 19.4 Å². The second kappa shape index (κ2) is 10.3. The lowest BCUT2D eigenvalue weighted by Gasteiger charge is -2.33. The number of aryl methyl sites for hydroxylation is 1. The van der Waals surface area contributed by atoms with Crippen LogP contribution in [-0.2, 0) is 12.0 Å². The minimum absolute atomic E-state index is 0.600. The molecule has 6 heteroatoms. The van der Waals surface area contributed by atoms with Gasteiger partial charge in [-0.25, -0.2) is 4.98 Å². The van der Waals surface area contributed by atoms with Crippen molar-refractivity contribution in [2.75, 3.05) is 26.8 Å². The Bertz CT molecular complexity index is 832. The summed E-state index contributed by atoms with van der Waals surface area (Å²) in [6, 6.07) is 8.39. The Balaban J connectivity index is 1.34. The van der Waals surface area contributed by atoms with Gasteiger partial charge in [0.2, 0.25) is 0 Å². The molecule has 1 aliphatic heterocycles. The van der Waals surface area contributed by atoms with Crippen LogP contribution in [0.15, 0.2) is 24.3 Å². The molecule has 0 spiro atoms. The fraction of sp³-hybridized carbons (Fsp3) is 0.640. The zero-order chi connectivity index (χ0) is 21.7. The van der Waals surface area contributed by atoms with Crippen molar-refractivity contribution in [2.45, 2.75) is 76.4 Å². The third kappa shape index (κ3) is 5.60. The first kappa shape index (κ1) is 22.6. The minimum atomic E-state index is -0.784. The molecule has 2 aromatic rings. The highest BCUT2D eigenvalue weighted by Gasteiger charge is 2.36. The summed E-state index contributed by atoms with van der Waals surface area (Å²) in [5.41, 5.74) is 0.244. The molecule has 4 rings (SSSR count). The summed E-state index contributed by atoms with van der Waals surface area (Å²) in [4.78, 5) is 8.66. The molecular formula is C25H36N2O3S. The van der Waals surface area contributed by atoms with E-state index in [9.17, 15) is 5.11 Å². The van der Waals surface area contributed by atoms with Crippen LogP contribution in [-0.4, -0.2) is 47.8 Å². The molecule has 1 saturated heterocycles. The summed E-state index contributed by atoms with van der Waals surface area (Å²) < 4.78 is 11.1. The van der Waals surface area contributed by atoms with E-state index in [-0.39, 0.29) is 0 Å². The third-order valence-corrected chi connectivity index (χ3v) is 8.30. The van der Waals surface area contributed by atoms with Crippen molar-refractivity contribution < 1.29 is 14.6 Å². The lowest BCUT2D eigenvalue weighted by molar-refractivity contribution is 0.0188. The number of aliphatic hydroxyl groups is 1. The van der Waals surface area contributed by atoms with E-state index < -0.39 is 5.60 Å². The maximum atomic E-state index is 11.5. The summed E-state index contributed by atoms with van der Waals surface area (Å²) in [6.07, 6.45) is 10.2. The van der Waals surface area contributed by atoms with E-state index in [4.69, 9.17) is 14.5 Å². The second-order valence-electron chi connectivity index (χ2n) is 9.01. The molecule has 1 saturated carbocycles. The van der Waals surface area contributed by atoms with E-state index in [1.165, 1.54) is 37.0 Å². The second-order valence-corrected chi connectivity index (χ2v) is 10.1. The standard InChI is InChI=1S/C25H36N2O3S/c1-19-23(13-18-30-22-11-9-21(29-2)10-12-22)31-24(26-19)25(28)14-6-16-27(17-15-25)20-7-4-3-5-8-20/h9-12,20,28H,3-8,13-18H2,1-2H3. The van der Waals surface area contributed by atoms with Crippen LogP contribution in [0.5, 0.6) is 11.5 Å². The number of rotatable bonds is 7. The first-order chi connectivity index (χ1) is 15.1. The van der Waals surface area contributed by atoms with Crippen molar-refractivity contribution in [3.05, 3.63) is 39.8 Å². The van der Waals surface area contributed by atoms with Crippen molar-refractivity contribution in [1.29, 1.82) is 0 Å². The van der Waals surface area contributed by atoms with Crippen LogP contribution in [0.25, 0.3) is 0 Å². The summed E-state index contributed by atoms with van der Waals surface area (Å²) in [5.74, 6) is 1.67. The third-order valence-electron chi connectivity index (χ3n) is 6.89. The molecule has 2 fully saturated rings. The summed E-state index contributed by atoms with van der Waals surface area (Å²) in [7, 11) is 1.66. The molecule has 5 nitrogen and oxygen atoms in total. The Morgan fingerprint density at radius 3 is 2.55 bits per heavy atom. The maximum absolute atomic E-state index is 11.5.